The van der Waals surface area contributed by atoms with Crippen molar-refractivity contribution in [3.63, 3.8) is 0 Å². The third kappa shape index (κ3) is 1.47. The molecule has 0 saturated heterocycles. The zero-order valence-electron chi connectivity index (χ0n) is 8.60. The monoisotopic (exact) mass is 208 g/mol. The van der Waals surface area contributed by atoms with Gasteiger partial charge in [-0.15, -0.1) is 0 Å². The molecule has 1 aromatic rings. The van der Waals surface area contributed by atoms with Crippen molar-refractivity contribution in [1.82, 2.24) is 0 Å². The van der Waals surface area contributed by atoms with Crippen molar-refractivity contribution >= 4 is 0 Å². The van der Waals surface area contributed by atoms with E-state index in [0.29, 0.717) is 12.8 Å². The van der Waals surface area contributed by atoms with Crippen molar-refractivity contribution in [3.05, 3.63) is 34.9 Å². The summed E-state index contributed by atoms with van der Waals surface area (Å²) in [5.41, 5.74) is 2.66. The van der Waals surface area contributed by atoms with Crippen LogP contribution in [0.15, 0.2) is 18.2 Å². The van der Waals surface area contributed by atoms with Gasteiger partial charge >= 0.3 is 0 Å². The van der Waals surface area contributed by atoms with Crippen LogP contribution in [-0.2, 0) is 18.8 Å². The predicted molar refractivity (Wildman–Crippen MR) is 55.1 cm³/mol. The maximum Gasteiger partial charge on any atom is 0.276 e. The summed E-state index contributed by atoms with van der Waals surface area (Å²) in [6.07, 6.45) is 4.52. The van der Waals surface area contributed by atoms with E-state index in [0.717, 1.165) is 24.8 Å². The first kappa shape index (κ1) is 9.32. The summed E-state index contributed by atoms with van der Waals surface area (Å²) >= 11 is 0. The van der Waals surface area contributed by atoms with Crippen LogP contribution >= 0.6 is 0 Å². The fourth-order valence-corrected chi connectivity index (χ4v) is 2.46. The summed E-state index contributed by atoms with van der Waals surface area (Å²) in [6, 6.07) is 5.26. The van der Waals surface area contributed by atoms with Gasteiger partial charge in [0.15, 0.2) is 0 Å². The van der Waals surface area contributed by atoms with E-state index in [1.807, 2.05) is 6.07 Å². The second-order valence-electron chi connectivity index (χ2n) is 4.73. The van der Waals surface area contributed by atoms with Gasteiger partial charge in [0.25, 0.3) is 5.92 Å². The minimum Gasteiger partial charge on any atom is -0.201 e. The van der Waals surface area contributed by atoms with E-state index in [9.17, 15) is 8.78 Å². The first-order valence-electron chi connectivity index (χ1n) is 5.68. The van der Waals surface area contributed by atoms with Gasteiger partial charge in [-0.25, -0.2) is 8.78 Å². The molecule has 0 nitrogen and oxygen atoms in total. The van der Waals surface area contributed by atoms with E-state index in [4.69, 9.17) is 0 Å². The predicted octanol–water partition coefficient (Wildman–Crippen LogP) is 3.68. The van der Waals surface area contributed by atoms with Crippen molar-refractivity contribution in [2.75, 3.05) is 0 Å². The topological polar surface area (TPSA) is 0 Å². The minimum absolute atomic E-state index is 0.241. The highest BCUT2D eigenvalue weighted by molar-refractivity contribution is 5.37. The van der Waals surface area contributed by atoms with Crippen molar-refractivity contribution in [3.8, 4) is 0 Å². The highest BCUT2D eigenvalue weighted by atomic mass is 19.3. The fraction of sp³-hybridized carbons (Fsp3) is 0.538. The van der Waals surface area contributed by atoms with Crippen LogP contribution in [0.3, 0.4) is 0 Å². The van der Waals surface area contributed by atoms with Crippen molar-refractivity contribution in [1.29, 1.82) is 0 Å². The Morgan fingerprint density at radius 3 is 2.53 bits per heavy atom. The molecule has 2 aliphatic rings. The summed E-state index contributed by atoms with van der Waals surface area (Å²) in [5, 5.41) is 0. The minimum atomic E-state index is -2.59. The number of halogens is 2. The van der Waals surface area contributed by atoms with Crippen LogP contribution in [0.1, 0.15) is 36.0 Å². The Kier molecular flexibility index (Phi) is 1.88. The highest BCUT2D eigenvalue weighted by Crippen LogP contribution is 2.50. The molecule has 0 aliphatic heterocycles. The molecule has 1 saturated carbocycles. The van der Waals surface area contributed by atoms with Gasteiger partial charge in [0.05, 0.1) is 0 Å². The molecule has 15 heavy (non-hydrogen) atoms. The molecule has 0 aromatic heterocycles. The van der Waals surface area contributed by atoms with Crippen molar-refractivity contribution < 1.29 is 8.78 Å². The molecule has 80 valence electrons. The Morgan fingerprint density at radius 2 is 1.80 bits per heavy atom. The quantitative estimate of drug-likeness (QED) is 0.695. The van der Waals surface area contributed by atoms with Gasteiger partial charge in [-0.3, -0.25) is 0 Å². The van der Waals surface area contributed by atoms with E-state index in [2.05, 4.69) is 0 Å². The molecule has 0 amide bonds. The second-order valence-corrected chi connectivity index (χ2v) is 4.73. The smallest absolute Gasteiger partial charge is 0.201 e. The third-order valence-electron chi connectivity index (χ3n) is 3.57. The molecule has 0 unspecified atom stereocenters. The summed E-state index contributed by atoms with van der Waals surface area (Å²) < 4.78 is 27.6. The summed E-state index contributed by atoms with van der Waals surface area (Å²) in [7, 11) is 0. The normalized spacial score (nSPS) is 20.4. The molecular weight excluding hydrogens is 194 g/mol. The lowest BCUT2D eigenvalue weighted by molar-refractivity contribution is -0.0286. The molecule has 0 atom stereocenters. The van der Waals surface area contributed by atoms with Crippen LogP contribution in [0.2, 0.25) is 0 Å². The number of aryl methyl sites for hydroxylation is 2. The maximum absolute atomic E-state index is 13.8. The molecule has 0 N–H and O–H groups in total. The third-order valence-corrected chi connectivity index (χ3v) is 3.57. The zero-order valence-corrected chi connectivity index (χ0v) is 8.60. The van der Waals surface area contributed by atoms with Gasteiger partial charge in [0.2, 0.25) is 0 Å². The highest BCUT2D eigenvalue weighted by Gasteiger charge is 2.48. The van der Waals surface area contributed by atoms with E-state index in [-0.39, 0.29) is 5.56 Å². The second kappa shape index (κ2) is 3.03. The number of hydrogen-bond acceptors (Lipinski definition) is 0. The molecule has 3 rings (SSSR count). The zero-order chi connectivity index (χ0) is 10.5. The van der Waals surface area contributed by atoms with Crippen molar-refractivity contribution in [2.45, 2.75) is 38.0 Å². The molecular formula is C13H14F2. The van der Waals surface area contributed by atoms with Gasteiger partial charge in [0, 0.05) is 11.5 Å². The van der Waals surface area contributed by atoms with Crippen LogP contribution in [0.5, 0.6) is 0 Å². The number of benzene rings is 1. The summed E-state index contributed by atoms with van der Waals surface area (Å²) in [6.45, 7) is 0. The number of fused-ring (bicyclic) bond motifs is 1. The van der Waals surface area contributed by atoms with Gasteiger partial charge in [-0.1, -0.05) is 12.1 Å². The lowest BCUT2D eigenvalue weighted by Crippen LogP contribution is -2.16. The SMILES string of the molecule is FC(F)(c1ccc2c(c1)CCC2)C1CC1. The molecule has 0 heterocycles. The molecule has 0 spiro atoms. The summed E-state index contributed by atoms with van der Waals surface area (Å²) in [4.78, 5) is 0. The van der Waals surface area contributed by atoms with Gasteiger partial charge in [-0.05, 0) is 49.3 Å². The van der Waals surface area contributed by atoms with Crippen LogP contribution in [0, 0.1) is 5.92 Å². The molecule has 0 radical (unpaired) electrons. The van der Waals surface area contributed by atoms with E-state index in [1.54, 1.807) is 12.1 Å². The lowest BCUT2D eigenvalue weighted by Gasteiger charge is -2.16. The first-order chi connectivity index (χ1) is 7.18. The molecule has 2 aliphatic carbocycles. The average Bonchev–Trinajstić information content (AvgIpc) is 2.97. The molecule has 0 bridgehead atoms. The van der Waals surface area contributed by atoms with Crippen LogP contribution in [0.25, 0.3) is 0 Å². The van der Waals surface area contributed by atoms with E-state index in [1.165, 1.54) is 5.56 Å². The Bertz CT molecular complexity index is 392. The fourth-order valence-electron chi connectivity index (χ4n) is 2.46. The molecule has 1 aromatic carbocycles. The maximum atomic E-state index is 13.8. The number of rotatable bonds is 2. The van der Waals surface area contributed by atoms with Crippen LogP contribution < -0.4 is 0 Å². The average molecular weight is 208 g/mol. The van der Waals surface area contributed by atoms with Gasteiger partial charge in [-0.2, -0.15) is 0 Å². The Hall–Kier alpha value is -0.920. The Labute approximate surface area is 88.3 Å². The lowest BCUT2D eigenvalue weighted by atomic mass is 9.99. The van der Waals surface area contributed by atoms with Gasteiger partial charge in [0.1, 0.15) is 0 Å². The summed E-state index contributed by atoms with van der Waals surface area (Å²) in [5.74, 6) is -2.98. The molecule has 1 fully saturated rings. The van der Waals surface area contributed by atoms with Crippen LogP contribution in [-0.4, -0.2) is 0 Å². The van der Waals surface area contributed by atoms with Crippen LogP contribution in [0.4, 0.5) is 8.78 Å². The van der Waals surface area contributed by atoms with Gasteiger partial charge < -0.3 is 0 Å². The Balaban J connectivity index is 1.98. The van der Waals surface area contributed by atoms with E-state index >= 15 is 0 Å². The van der Waals surface area contributed by atoms with E-state index < -0.39 is 11.8 Å². The number of alkyl halides is 2. The van der Waals surface area contributed by atoms with Crippen molar-refractivity contribution in [2.24, 2.45) is 5.92 Å². The first-order valence-corrected chi connectivity index (χ1v) is 5.68. The Morgan fingerprint density at radius 1 is 1.07 bits per heavy atom. The standard InChI is InChI=1S/C13H14F2/c14-13(15,11-6-7-11)12-5-4-9-2-1-3-10(9)8-12/h4-5,8,11H,1-3,6-7H2. The largest absolute Gasteiger partial charge is 0.276 e. The molecule has 2 heteroatoms. The number of hydrogen-bond donors (Lipinski definition) is 0.